The third-order valence-electron chi connectivity index (χ3n) is 11.3. The van der Waals surface area contributed by atoms with Gasteiger partial charge < -0.3 is 34.2 Å². The minimum absolute atomic E-state index is 0.0668. The van der Waals surface area contributed by atoms with Crippen LogP contribution in [0.4, 0.5) is 0 Å². The Bertz CT molecular complexity index is 1210. The molecular weight excluding hydrogens is 797 g/mol. The zero-order valence-electron chi connectivity index (χ0n) is 41.8. The molecule has 0 aromatic carbocycles. The van der Waals surface area contributed by atoms with Crippen LogP contribution in [0.1, 0.15) is 200 Å². The van der Waals surface area contributed by atoms with Crippen molar-refractivity contribution in [3.63, 3.8) is 0 Å². The molecule has 0 fully saturated rings. The number of rotatable bonds is 44. The Morgan fingerprint density at radius 3 is 1.59 bits per heavy atom. The number of esters is 2. The number of ketones is 1. The molecule has 0 rings (SSSR count). The van der Waals surface area contributed by atoms with Gasteiger partial charge in [-0.2, -0.15) is 0 Å². The number of unbranched alkanes of at least 4 members (excludes halogenated alkanes) is 16. The van der Waals surface area contributed by atoms with Crippen molar-refractivity contribution >= 4 is 29.5 Å². The van der Waals surface area contributed by atoms with Gasteiger partial charge in [0.25, 0.3) is 0 Å². The monoisotopic (exact) mass is 895 g/mol. The van der Waals surface area contributed by atoms with Crippen LogP contribution in [0.15, 0.2) is 12.2 Å². The van der Waals surface area contributed by atoms with Gasteiger partial charge in [-0.15, -0.1) is 0 Å². The van der Waals surface area contributed by atoms with E-state index in [1.165, 1.54) is 38.5 Å². The number of aliphatic hydroxyl groups excluding tert-OH is 1. The maximum Gasteiger partial charge on any atom is 0.306 e. The minimum atomic E-state index is -0.754. The first kappa shape index (κ1) is 60.2. The average Bonchev–Trinajstić information content (AvgIpc) is 3.20. The SMILES string of the molecule is CCCCCC(OC(=O)CCCC(=O)OCC[N+](C)(C)C)C(O)CC=CCCCCCCCC(=O)NCCCCCCCCCCCCNC(=O)CCCC(=O)CCC[N+](C)(C)C. The molecule has 0 radical (unpaired) electrons. The smallest absolute Gasteiger partial charge is 0.306 e. The molecule has 63 heavy (non-hydrogen) atoms. The molecule has 2 unspecified atom stereocenters. The summed E-state index contributed by atoms with van der Waals surface area (Å²) in [5, 5.41) is 16.9. The molecule has 0 aromatic heterocycles. The number of carbonyl (C=O) groups excluding carboxylic acids is 5. The third kappa shape index (κ3) is 44.2. The molecule has 0 spiro atoms. The molecule has 0 aliphatic carbocycles. The molecule has 2 amide bonds. The number of nitrogens with zero attached hydrogens (tertiary/aromatic N) is 2. The number of Topliss-reactive ketones (excluding diaryl/α,β-unsaturated/α-hetero) is 1. The van der Waals surface area contributed by atoms with Gasteiger partial charge in [-0.05, 0) is 64.2 Å². The van der Waals surface area contributed by atoms with Gasteiger partial charge in [0.15, 0.2) is 0 Å². The highest BCUT2D eigenvalue weighted by Crippen LogP contribution is 2.17. The Balaban J connectivity index is 3.77. The summed E-state index contributed by atoms with van der Waals surface area (Å²) in [6, 6.07) is 0. The highest BCUT2D eigenvalue weighted by atomic mass is 16.6. The van der Waals surface area contributed by atoms with Crippen LogP contribution in [0, 0.1) is 0 Å². The van der Waals surface area contributed by atoms with E-state index in [4.69, 9.17) is 9.47 Å². The first-order valence-electron chi connectivity index (χ1n) is 25.4. The number of ether oxygens (including phenoxy) is 2. The van der Waals surface area contributed by atoms with Gasteiger partial charge >= 0.3 is 11.9 Å². The average molecular weight is 895 g/mol. The van der Waals surface area contributed by atoms with Crippen molar-refractivity contribution in [3.8, 4) is 0 Å². The fourth-order valence-electron chi connectivity index (χ4n) is 7.24. The fraction of sp³-hybridized carbons (Fsp3) is 0.863. The van der Waals surface area contributed by atoms with Crippen LogP contribution in [-0.2, 0) is 33.4 Å². The molecule has 0 aliphatic rings. The summed E-state index contributed by atoms with van der Waals surface area (Å²) < 4.78 is 12.5. The second-order valence-corrected chi connectivity index (χ2v) is 19.9. The van der Waals surface area contributed by atoms with Gasteiger partial charge in [0.05, 0.1) is 54.9 Å². The lowest BCUT2D eigenvalue weighted by Gasteiger charge is -2.23. The molecule has 0 bridgehead atoms. The Kier molecular flexibility index (Phi) is 37.8. The standard InChI is InChI=1S/C51H96N4O8/c1-8-9-24-35-47(63-51(61)39-30-38-50(60)62-44-43-55(5,6)7)46(57)34-25-20-16-12-13-17-21-26-36-48(58)52-40-27-22-18-14-10-11-15-19-23-28-41-53-49(59)37-29-32-45(56)33-31-42-54(2,3)4/h20,25,46-47,57H,8-19,21-24,26-44H2,1-7H3/p+2. The van der Waals surface area contributed by atoms with Crippen LogP contribution in [0.3, 0.4) is 0 Å². The second kappa shape index (κ2) is 39.5. The first-order valence-corrected chi connectivity index (χ1v) is 25.4. The summed E-state index contributed by atoms with van der Waals surface area (Å²) in [4.78, 5) is 60.8. The molecule has 0 aromatic rings. The van der Waals surface area contributed by atoms with Crippen LogP contribution in [-0.4, -0.2) is 131 Å². The van der Waals surface area contributed by atoms with Crippen molar-refractivity contribution in [3.05, 3.63) is 12.2 Å². The number of nitrogens with one attached hydrogen (secondary N) is 2. The van der Waals surface area contributed by atoms with Crippen LogP contribution in [0.5, 0.6) is 0 Å². The van der Waals surface area contributed by atoms with Gasteiger partial charge in [-0.1, -0.05) is 103 Å². The first-order chi connectivity index (χ1) is 30.0. The molecule has 0 saturated heterocycles. The zero-order chi connectivity index (χ0) is 47.0. The van der Waals surface area contributed by atoms with Gasteiger partial charge in [0, 0.05) is 58.0 Å². The van der Waals surface area contributed by atoms with Crippen molar-refractivity contribution in [2.45, 2.75) is 212 Å². The largest absolute Gasteiger partial charge is 0.460 e. The summed E-state index contributed by atoms with van der Waals surface area (Å²) in [6.45, 7) is 5.69. The lowest BCUT2D eigenvalue weighted by molar-refractivity contribution is -0.870. The number of amides is 2. The maximum atomic E-state index is 12.5. The van der Waals surface area contributed by atoms with Crippen LogP contribution in [0.25, 0.3) is 0 Å². The molecule has 12 nitrogen and oxygen atoms in total. The lowest BCUT2D eigenvalue weighted by atomic mass is 10.0. The van der Waals surface area contributed by atoms with E-state index >= 15 is 0 Å². The van der Waals surface area contributed by atoms with E-state index in [2.05, 4.69) is 44.8 Å². The lowest BCUT2D eigenvalue weighted by Crippen LogP contribution is -2.38. The molecule has 3 N–H and O–H groups in total. The van der Waals surface area contributed by atoms with E-state index in [1.54, 1.807) is 0 Å². The fourth-order valence-corrected chi connectivity index (χ4v) is 7.24. The number of quaternary nitrogens is 2. The van der Waals surface area contributed by atoms with Crippen LogP contribution < -0.4 is 10.6 Å². The topological polar surface area (TPSA) is 148 Å². The number of likely N-dealkylation sites (N-methyl/N-ethyl adjacent to an activating group) is 1. The van der Waals surface area contributed by atoms with Crippen LogP contribution in [0.2, 0.25) is 0 Å². The van der Waals surface area contributed by atoms with E-state index in [9.17, 15) is 29.1 Å². The van der Waals surface area contributed by atoms with E-state index in [0.29, 0.717) is 62.5 Å². The molecule has 2 atom stereocenters. The van der Waals surface area contributed by atoms with Gasteiger partial charge in [0.1, 0.15) is 25.0 Å². The van der Waals surface area contributed by atoms with Crippen LogP contribution >= 0.6 is 0 Å². The van der Waals surface area contributed by atoms with Gasteiger partial charge in [0.2, 0.25) is 11.8 Å². The Morgan fingerprint density at radius 2 is 1.02 bits per heavy atom. The Morgan fingerprint density at radius 1 is 0.524 bits per heavy atom. The van der Waals surface area contributed by atoms with E-state index < -0.39 is 12.2 Å². The van der Waals surface area contributed by atoms with E-state index in [0.717, 1.165) is 121 Å². The number of hydrogen-bond donors (Lipinski definition) is 3. The normalized spacial score (nSPS) is 12.9. The summed E-state index contributed by atoms with van der Waals surface area (Å²) in [5.41, 5.74) is 0. The number of hydrogen-bond acceptors (Lipinski definition) is 8. The predicted octanol–water partition coefficient (Wildman–Crippen LogP) is 9.30. The number of carbonyl (C=O) groups is 5. The number of aliphatic hydroxyl groups is 1. The van der Waals surface area contributed by atoms with Crippen molar-refractivity contribution in [2.24, 2.45) is 0 Å². The maximum absolute atomic E-state index is 12.5. The number of allylic oxidation sites excluding steroid dienone is 1. The van der Waals surface area contributed by atoms with Crippen molar-refractivity contribution in [2.75, 3.05) is 75.1 Å². The molecule has 0 heterocycles. The van der Waals surface area contributed by atoms with Gasteiger partial charge in [-0.3, -0.25) is 24.0 Å². The van der Waals surface area contributed by atoms with Crippen molar-refractivity contribution in [1.29, 1.82) is 0 Å². The van der Waals surface area contributed by atoms with E-state index in [1.807, 2.05) is 27.2 Å². The Labute approximate surface area is 385 Å². The Hall–Kier alpha value is -2.83. The highest BCUT2D eigenvalue weighted by molar-refractivity contribution is 5.80. The quantitative estimate of drug-likeness (QED) is 0.0237. The molecular formula is C51H98N4O8+2. The highest BCUT2D eigenvalue weighted by Gasteiger charge is 2.22. The molecule has 368 valence electrons. The second-order valence-electron chi connectivity index (χ2n) is 19.9. The zero-order valence-corrected chi connectivity index (χ0v) is 41.8. The summed E-state index contributed by atoms with van der Waals surface area (Å²) in [6.07, 6.45) is 29.2. The summed E-state index contributed by atoms with van der Waals surface area (Å²) >= 11 is 0. The van der Waals surface area contributed by atoms with Crippen molar-refractivity contribution < 1.29 is 47.5 Å². The predicted molar refractivity (Wildman–Crippen MR) is 257 cm³/mol. The van der Waals surface area contributed by atoms with Crippen molar-refractivity contribution in [1.82, 2.24) is 10.6 Å². The molecule has 12 heteroatoms. The molecule has 0 saturated carbocycles. The third-order valence-corrected chi connectivity index (χ3v) is 11.3. The van der Waals surface area contributed by atoms with E-state index in [-0.39, 0.29) is 42.4 Å². The minimum Gasteiger partial charge on any atom is -0.460 e. The summed E-state index contributed by atoms with van der Waals surface area (Å²) in [7, 11) is 12.5. The van der Waals surface area contributed by atoms with Gasteiger partial charge in [-0.25, -0.2) is 0 Å². The molecule has 0 aliphatic heterocycles. The summed E-state index contributed by atoms with van der Waals surface area (Å²) in [5.74, 6) is -0.181.